The van der Waals surface area contributed by atoms with Crippen molar-refractivity contribution < 1.29 is 14.3 Å². The molecular formula is C20H17ClN2O3S. The summed E-state index contributed by atoms with van der Waals surface area (Å²) in [5, 5.41) is 3.12. The van der Waals surface area contributed by atoms with Crippen LogP contribution < -0.4 is 15.0 Å². The zero-order valence-electron chi connectivity index (χ0n) is 14.7. The molecule has 1 aliphatic rings. The Bertz CT molecular complexity index is 921. The highest BCUT2D eigenvalue weighted by Crippen LogP contribution is 2.24. The second-order valence-corrected chi connectivity index (χ2v) is 6.99. The summed E-state index contributed by atoms with van der Waals surface area (Å²) in [4.78, 5) is 26.5. The van der Waals surface area contributed by atoms with Gasteiger partial charge in [0.05, 0.1) is 11.8 Å². The van der Waals surface area contributed by atoms with Crippen LogP contribution in [0.15, 0.2) is 54.1 Å². The lowest BCUT2D eigenvalue weighted by Gasteiger charge is -2.28. The zero-order chi connectivity index (χ0) is 19.6. The van der Waals surface area contributed by atoms with Gasteiger partial charge in [0.2, 0.25) is 0 Å². The number of hydrogen-bond donors (Lipinski definition) is 1. The minimum Gasteiger partial charge on any atom is -0.491 e. The smallest absolute Gasteiger partial charge is 0.270 e. The fraction of sp³-hybridized carbons (Fsp3) is 0.150. The zero-order valence-corrected chi connectivity index (χ0v) is 16.3. The monoisotopic (exact) mass is 400 g/mol. The van der Waals surface area contributed by atoms with Gasteiger partial charge in [0.15, 0.2) is 5.11 Å². The molecule has 0 atom stereocenters. The highest BCUT2D eigenvalue weighted by molar-refractivity contribution is 7.80. The fourth-order valence-corrected chi connectivity index (χ4v) is 2.97. The summed E-state index contributed by atoms with van der Waals surface area (Å²) in [6.07, 6.45) is 1.59. The molecule has 2 aromatic rings. The van der Waals surface area contributed by atoms with Crippen molar-refractivity contribution >= 4 is 52.5 Å². The quantitative estimate of drug-likeness (QED) is 0.479. The van der Waals surface area contributed by atoms with Crippen LogP contribution in [0.2, 0.25) is 5.02 Å². The van der Waals surface area contributed by atoms with Gasteiger partial charge in [-0.15, -0.1) is 0 Å². The summed E-state index contributed by atoms with van der Waals surface area (Å²) in [5.41, 5.74) is 1.23. The van der Waals surface area contributed by atoms with Crippen LogP contribution in [-0.4, -0.2) is 23.0 Å². The molecule has 1 saturated heterocycles. The number of hydrogen-bond acceptors (Lipinski definition) is 4. The molecule has 2 amide bonds. The Hall–Kier alpha value is -2.70. The Balaban J connectivity index is 1.90. The molecule has 0 aromatic heterocycles. The topological polar surface area (TPSA) is 58.6 Å². The van der Waals surface area contributed by atoms with Crippen LogP contribution in [0.4, 0.5) is 5.69 Å². The third-order valence-corrected chi connectivity index (χ3v) is 4.29. The lowest BCUT2D eigenvalue weighted by Crippen LogP contribution is -2.54. The maximum Gasteiger partial charge on any atom is 0.270 e. The van der Waals surface area contributed by atoms with Crippen molar-refractivity contribution in [1.29, 1.82) is 0 Å². The predicted molar refractivity (Wildman–Crippen MR) is 110 cm³/mol. The van der Waals surface area contributed by atoms with Crippen LogP contribution in [0.3, 0.4) is 0 Å². The molecule has 7 heteroatoms. The SMILES string of the molecule is CC(C)Oc1ccc(/C=C2/C(=O)NC(=S)N(c3ccc(Cl)cc3)C2=O)cc1. The van der Waals surface area contributed by atoms with Crippen molar-refractivity contribution in [1.82, 2.24) is 5.32 Å². The van der Waals surface area contributed by atoms with E-state index in [0.717, 1.165) is 5.75 Å². The third kappa shape index (κ3) is 4.35. The number of benzene rings is 2. The molecule has 0 saturated carbocycles. The van der Waals surface area contributed by atoms with Crippen molar-refractivity contribution in [2.75, 3.05) is 4.90 Å². The summed E-state index contributed by atoms with van der Waals surface area (Å²) in [6.45, 7) is 3.88. The largest absolute Gasteiger partial charge is 0.491 e. The van der Waals surface area contributed by atoms with Crippen molar-refractivity contribution in [3.8, 4) is 5.75 Å². The Morgan fingerprint density at radius 1 is 1.07 bits per heavy atom. The van der Waals surface area contributed by atoms with Crippen LogP contribution in [0.25, 0.3) is 6.08 Å². The molecule has 3 rings (SSSR count). The number of halogens is 1. The van der Waals surface area contributed by atoms with Gasteiger partial charge in [0, 0.05) is 5.02 Å². The number of nitrogens with one attached hydrogen (secondary N) is 1. The van der Waals surface area contributed by atoms with Gasteiger partial charge in [0.25, 0.3) is 11.8 Å². The Morgan fingerprint density at radius 3 is 2.30 bits per heavy atom. The molecule has 27 heavy (non-hydrogen) atoms. The van der Waals surface area contributed by atoms with Crippen molar-refractivity contribution in [2.45, 2.75) is 20.0 Å². The van der Waals surface area contributed by atoms with Gasteiger partial charge in [-0.05, 0) is 74.1 Å². The van der Waals surface area contributed by atoms with E-state index in [1.165, 1.54) is 11.0 Å². The van der Waals surface area contributed by atoms with Gasteiger partial charge in [-0.2, -0.15) is 0 Å². The molecule has 0 spiro atoms. The maximum absolute atomic E-state index is 12.9. The van der Waals surface area contributed by atoms with E-state index in [0.29, 0.717) is 16.3 Å². The second kappa shape index (κ2) is 7.90. The summed E-state index contributed by atoms with van der Waals surface area (Å²) in [7, 11) is 0. The molecule has 2 aromatic carbocycles. The summed E-state index contributed by atoms with van der Waals surface area (Å²) in [6, 6.07) is 13.8. The van der Waals surface area contributed by atoms with Crippen LogP contribution in [0.1, 0.15) is 19.4 Å². The van der Waals surface area contributed by atoms with Gasteiger partial charge in [-0.1, -0.05) is 23.7 Å². The number of nitrogens with zero attached hydrogens (tertiary/aromatic N) is 1. The van der Waals surface area contributed by atoms with E-state index in [9.17, 15) is 9.59 Å². The molecule has 0 unspecified atom stereocenters. The number of rotatable bonds is 4. The second-order valence-electron chi connectivity index (χ2n) is 6.17. The normalized spacial score (nSPS) is 16.1. The molecule has 5 nitrogen and oxygen atoms in total. The fourth-order valence-electron chi connectivity index (χ4n) is 2.56. The Morgan fingerprint density at radius 2 is 1.70 bits per heavy atom. The Labute approximate surface area is 167 Å². The highest BCUT2D eigenvalue weighted by Gasteiger charge is 2.34. The molecule has 0 bridgehead atoms. The van der Waals surface area contributed by atoms with Gasteiger partial charge in [0.1, 0.15) is 11.3 Å². The van der Waals surface area contributed by atoms with E-state index in [1.54, 1.807) is 48.5 Å². The van der Waals surface area contributed by atoms with Crippen molar-refractivity contribution in [3.05, 3.63) is 64.7 Å². The molecule has 1 heterocycles. The van der Waals surface area contributed by atoms with Crippen LogP contribution in [-0.2, 0) is 9.59 Å². The minimum absolute atomic E-state index is 0.00363. The Kier molecular flexibility index (Phi) is 5.58. The lowest BCUT2D eigenvalue weighted by atomic mass is 10.1. The first-order valence-corrected chi connectivity index (χ1v) is 9.07. The molecule has 1 aliphatic heterocycles. The third-order valence-electron chi connectivity index (χ3n) is 3.75. The first kappa shape index (κ1) is 19.1. The van der Waals surface area contributed by atoms with Gasteiger partial charge in [-0.25, -0.2) is 0 Å². The number of carbonyl (C=O) groups is 2. The number of ether oxygens (including phenoxy) is 1. The van der Waals surface area contributed by atoms with E-state index in [2.05, 4.69) is 5.32 Å². The summed E-state index contributed by atoms with van der Waals surface area (Å²) < 4.78 is 5.60. The van der Waals surface area contributed by atoms with E-state index < -0.39 is 11.8 Å². The minimum atomic E-state index is -0.530. The molecular weight excluding hydrogens is 384 g/mol. The van der Waals surface area contributed by atoms with Gasteiger partial charge < -0.3 is 4.74 Å². The average Bonchev–Trinajstić information content (AvgIpc) is 2.61. The number of thiocarbonyl (C=S) groups is 1. The molecule has 0 aliphatic carbocycles. The summed E-state index contributed by atoms with van der Waals surface area (Å²) in [5.74, 6) is -0.304. The van der Waals surface area contributed by atoms with E-state index in [4.69, 9.17) is 28.6 Å². The molecule has 138 valence electrons. The first-order chi connectivity index (χ1) is 12.8. The van der Waals surface area contributed by atoms with Crippen molar-refractivity contribution in [2.24, 2.45) is 0 Å². The average molecular weight is 401 g/mol. The number of carbonyl (C=O) groups excluding carboxylic acids is 2. The van der Waals surface area contributed by atoms with E-state index >= 15 is 0 Å². The maximum atomic E-state index is 12.9. The van der Waals surface area contributed by atoms with Crippen LogP contribution in [0, 0.1) is 0 Å². The molecule has 1 N–H and O–H groups in total. The van der Waals surface area contributed by atoms with Gasteiger partial charge >= 0.3 is 0 Å². The molecule has 1 fully saturated rings. The standard InChI is InChI=1S/C20H17ClN2O3S/c1-12(2)26-16-9-3-13(4-10-16)11-17-18(24)22-20(27)23(19(17)25)15-7-5-14(21)6-8-15/h3-12H,1-2H3,(H,22,24,27)/b17-11-. The predicted octanol–water partition coefficient (Wildman–Crippen LogP) is 3.96. The highest BCUT2D eigenvalue weighted by atomic mass is 35.5. The number of anilines is 1. The van der Waals surface area contributed by atoms with E-state index in [1.807, 2.05) is 13.8 Å². The molecule has 0 radical (unpaired) electrons. The van der Waals surface area contributed by atoms with E-state index in [-0.39, 0.29) is 16.8 Å². The number of amides is 2. The summed E-state index contributed by atoms with van der Waals surface area (Å²) >= 11 is 11.1. The van der Waals surface area contributed by atoms with Crippen LogP contribution in [0.5, 0.6) is 5.75 Å². The lowest BCUT2D eigenvalue weighted by molar-refractivity contribution is -0.122. The van der Waals surface area contributed by atoms with Gasteiger partial charge in [-0.3, -0.25) is 19.8 Å². The van der Waals surface area contributed by atoms with Crippen molar-refractivity contribution in [3.63, 3.8) is 0 Å². The van der Waals surface area contributed by atoms with Crippen LogP contribution >= 0.6 is 23.8 Å². The first-order valence-electron chi connectivity index (χ1n) is 8.29.